The van der Waals surface area contributed by atoms with E-state index in [4.69, 9.17) is 0 Å². The predicted octanol–water partition coefficient (Wildman–Crippen LogP) is 5.20. The van der Waals surface area contributed by atoms with Crippen molar-refractivity contribution >= 4 is 34.2 Å². The van der Waals surface area contributed by atoms with Crippen LogP contribution in [0, 0.1) is 5.82 Å². The summed E-state index contributed by atoms with van der Waals surface area (Å²) in [6, 6.07) is 14.0. The monoisotopic (exact) mass is 432 g/mol. The summed E-state index contributed by atoms with van der Waals surface area (Å²) in [6.07, 6.45) is 8.78. The van der Waals surface area contributed by atoms with Gasteiger partial charge < -0.3 is 9.97 Å². The zero-order valence-corrected chi connectivity index (χ0v) is 17.9. The molecule has 32 heavy (non-hydrogen) atoms. The van der Waals surface area contributed by atoms with Crippen molar-refractivity contribution in [3.05, 3.63) is 86.3 Å². The summed E-state index contributed by atoms with van der Waals surface area (Å²) in [5.41, 5.74) is 1.72. The molecule has 7 heteroatoms. The number of benzene rings is 2. The zero-order valence-electron chi connectivity index (χ0n) is 17.9. The van der Waals surface area contributed by atoms with Gasteiger partial charge >= 0.3 is 11.2 Å². The summed E-state index contributed by atoms with van der Waals surface area (Å²) in [4.78, 5) is 31.2. The van der Waals surface area contributed by atoms with Crippen molar-refractivity contribution in [2.75, 3.05) is 0 Å². The Labute approximate surface area is 184 Å². The number of hydrogen-bond acceptors (Lipinski definition) is 3. The number of aromatic nitrogens is 3. The lowest BCUT2D eigenvalue weighted by atomic mass is 10.0. The maximum atomic E-state index is 13.6. The van der Waals surface area contributed by atoms with Crippen molar-refractivity contribution < 1.29 is 4.39 Å². The average molecular weight is 432 g/mol. The molecule has 0 atom stereocenters. The molecule has 4 rings (SSSR count). The number of nitrogens with one attached hydrogen (secondary N) is 2. The van der Waals surface area contributed by atoms with Crippen LogP contribution in [0.15, 0.2) is 68.8 Å². The highest BCUT2D eigenvalue weighted by Gasteiger charge is 2.13. The molecule has 0 bridgehead atoms. The predicted molar refractivity (Wildman–Crippen MR) is 128 cm³/mol. The minimum atomic E-state index is -0.672. The number of unbranched alkanes of at least 4 members (excludes halogenated alkanes) is 3. The minimum absolute atomic E-state index is 0.180. The molecule has 164 valence electrons. The van der Waals surface area contributed by atoms with E-state index in [1.165, 1.54) is 18.2 Å². The molecular weight excluding hydrogens is 407 g/mol. The zero-order chi connectivity index (χ0) is 22.5. The van der Waals surface area contributed by atoms with Gasteiger partial charge in [0.05, 0.1) is 11.7 Å². The molecule has 0 amide bonds. The second-order valence-electron chi connectivity index (χ2n) is 7.80. The van der Waals surface area contributed by atoms with Crippen molar-refractivity contribution in [2.45, 2.75) is 39.0 Å². The van der Waals surface area contributed by atoms with Crippen LogP contribution >= 0.6 is 0 Å². The van der Waals surface area contributed by atoms with Gasteiger partial charge in [-0.2, -0.15) is 5.10 Å². The molecule has 0 radical (unpaired) electrons. The van der Waals surface area contributed by atoms with Crippen LogP contribution in [-0.2, 0) is 0 Å². The lowest BCUT2D eigenvalue weighted by Gasteiger charge is -2.04. The minimum Gasteiger partial charge on any atom is -0.349 e. The Kier molecular flexibility index (Phi) is 6.44. The summed E-state index contributed by atoms with van der Waals surface area (Å²) in [7, 11) is 0. The van der Waals surface area contributed by atoms with E-state index in [0.29, 0.717) is 10.9 Å². The van der Waals surface area contributed by atoms with Gasteiger partial charge in [-0.1, -0.05) is 62.6 Å². The number of nitrogens with zero attached hydrogens (tertiary/aromatic N) is 2. The number of aromatic amines is 2. The first-order valence-corrected chi connectivity index (χ1v) is 10.8. The highest BCUT2D eigenvalue weighted by atomic mass is 19.1. The van der Waals surface area contributed by atoms with E-state index < -0.39 is 17.1 Å². The molecule has 6 nitrogen and oxygen atoms in total. The van der Waals surface area contributed by atoms with Gasteiger partial charge in [0.1, 0.15) is 11.3 Å². The van der Waals surface area contributed by atoms with Crippen molar-refractivity contribution in [3.8, 4) is 0 Å². The fraction of sp³-hybridized carbons (Fsp3) is 0.240. The number of halogens is 1. The Morgan fingerprint density at radius 3 is 2.62 bits per heavy atom. The quantitative estimate of drug-likeness (QED) is 0.296. The standard InChI is InChI=1S/C25H25FN4O2/c1-2-3-4-6-11-18(14-17-9-7-5-8-10-17)16-27-30-24(31)23-22(29-25(30)32)20-15-19(26)12-13-21(20)28-23/h5,7-10,12-16,28H,2-4,6,11H2,1H3,(H,29,32)/b18-14+,27-16+. The summed E-state index contributed by atoms with van der Waals surface area (Å²) < 4.78 is 14.4. The molecule has 2 aromatic carbocycles. The highest BCUT2D eigenvalue weighted by Crippen LogP contribution is 2.21. The van der Waals surface area contributed by atoms with Crippen molar-refractivity contribution in [1.29, 1.82) is 0 Å². The Bertz CT molecular complexity index is 1410. The number of hydrogen-bond donors (Lipinski definition) is 2. The molecule has 2 N–H and O–H groups in total. The molecule has 2 heterocycles. The van der Waals surface area contributed by atoms with Crippen LogP contribution in [0.4, 0.5) is 4.39 Å². The molecule has 0 spiro atoms. The maximum absolute atomic E-state index is 13.6. The summed E-state index contributed by atoms with van der Waals surface area (Å²) in [5.74, 6) is -0.444. The molecule has 0 fully saturated rings. The number of H-pyrrole nitrogens is 2. The lowest BCUT2D eigenvalue weighted by Crippen LogP contribution is -2.32. The second-order valence-corrected chi connectivity index (χ2v) is 7.80. The van der Waals surface area contributed by atoms with Gasteiger partial charge in [0.15, 0.2) is 0 Å². The molecule has 0 saturated heterocycles. The van der Waals surface area contributed by atoms with Crippen molar-refractivity contribution in [1.82, 2.24) is 14.6 Å². The topological polar surface area (TPSA) is 83.0 Å². The van der Waals surface area contributed by atoms with Crippen LogP contribution in [0.3, 0.4) is 0 Å². The Morgan fingerprint density at radius 1 is 1.03 bits per heavy atom. The first-order valence-electron chi connectivity index (χ1n) is 10.8. The Morgan fingerprint density at radius 2 is 1.84 bits per heavy atom. The number of rotatable bonds is 8. The second kappa shape index (κ2) is 9.60. The Hall–Kier alpha value is -3.74. The maximum Gasteiger partial charge on any atom is 0.350 e. The smallest absolute Gasteiger partial charge is 0.349 e. The molecular formula is C25H25FN4O2. The Balaban J connectivity index is 1.72. The first kappa shape index (κ1) is 21.5. The van der Waals surface area contributed by atoms with E-state index in [9.17, 15) is 14.0 Å². The number of allylic oxidation sites excluding steroid dienone is 1. The van der Waals surface area contributed by atoms with E-state index in [-0.39, 0.29) is 11.0 Å². The van der Waals surface area contributed by atoms with E-state index >= 15 is 0 Å². The van der Waals surface area contributed by atoms with E-state index in [1.54, 1.807) is 6.21 Å². The third-order valence-electron chi connectivity index (χ3n) is 5.40. The van der Waals surface area contributed by atoms with Crippen LogP contribution in [0.25, 0.3) is 28.0 Å². The molecule has 0 saturated carbocycles. The summed E-state index contributed by atoms with van der Waals surface area (Å²) in [5, 5.41) is 4.66. The summed E-state index contributed by atoms with van der Waals surface area (Å²) >= 11 is 0. The van der Waals surface area contributed by atoms with Gasteiger partial charge in [-0.15, -0.1) is 4.68 Å². The van der Waals surface area contributed by atoms with Crippen LogP contribution in [0.2, 0.25) is 0 Å². The van der Waals surface area contributed by atoms with Gasteiger partial charge in [0.2, 0.25) is 0 Å². The molecule has 0 aliphatic rings. The van der Waals surface area contributed by atoms with Crippen molar-refractivity contribution in [3.63, 3.8) is 0 Å². The molecule has 0 unspecified atom stereocenters. The van der Waals surface area contributed by atoms with E-state index in [1.807, 2.05) is 36.4 Å². The molecule has 2 aromatic heterocycles. The third-order valence-corrected chi connectivity index (χ3v) is 5.40. The van der Waals surface area contributed by atoms with E-state index in [2.05, 4.69) is 22.0 Å². The van der Waals surface area contributed by atoms with Crippen LogP contribution in [0.5, 0.6) is 0 Å². The fourth-order valence-corrected chi connectivity index (χ4v) is 3.74. The SMILES string of the molecule is CCCCCCC(/C=N/n1c(=O)[nH]c2c([nH]c3ccc(F)cc32)c1=O)=C\c1ccccc1. The fourth-order valence-electron chi connectivity index (χ4n) is 3.74. The van der Waals surface area contributed by atoms with Gasteiger partial charge in [0, 0.05) is 10.9 Å². The van der Waals surface area contributed by atoms with Gasteiger partial charge in [-0.25, -0.2) is 9.18 Å². The summed E-state index contributed by atoms with van der Waals surface area (Å²) in [6.45, 7) is 2.16. The average Bonchev–Trinajstić information content (AvgIpc) is 3.15. The largest absolute Gasteiger partial charge is 0.350 e. The molecule has 4 aromatic rings. The van der Waals surface area contributed by atoms with Gasteiger partial charge in [-0.05, 0) is 42.2 Å². The first-order chi connectivity index (χ1) is 15.6. The molecule has 0 aliphatic heterocycles. The van der Waals surface area contributed by atoms with Crippen LogP contribution in [-0.4, -0.2) is 20.9 Å². The number of fused-ring (bicyclic) bond motifs is 3. The molecule has 0 aliphatic carbocycles. The van der Waals surface area contributed by atoms with E-state index in [0.717, 1.165) is 47.9 Å². The highest BCUT2D eigenvalue weighted by molar-refractivity contribution is 6.04. The third kappa shape index (κ3) is 4.61. The van der Waals surface area contributed by atoms with Gasteiger partial charge in [-0.3, -0.25) is 4.79 Å². The van der Waals surface area contributed by atoms with Gasteiger partial charge in [0.25, 0.3) is 0 Å². The lowest BCUT2D eigenvalue weighted by molar-refractivity contribution is 0.630. The van der Waals surface area contributed by atoms with Crippen molar-refractivity contribution in [2.24, 2.45) is 5.10 Å². The van der Waals surface area contributed by atoms with Crippen LogP contribution in [0.1, 0.15) is 44.6 Å². The normalized spacial score (nSPS) is 12.4. The van der Waals surface area contributed by atoms with Crippen LogP contribution < -0.4 is 11.2 Å².